The molecule has 4 heteroatoms. The van der Waals surface area contributed by atoms with Crippen LogP contribution in [0.1, 0.15) is 21.6 Å². The molecule has 0 unspecified atom stereocenters. The molecule has 0 aliphatic rings. The summed E-state index contributed by atoms with van der Waals surface area (Å²) >= 11 is 0. The van der Waals surface area contributed by atoms with E-state index in [1.165, 1.54) is 5.56 Å². The molecule has 3 aromatic rings. The Morgan fingerprint density at radius 3 is 2.45 bits per heavy atom. The molecule has 0 aliphatic carbocycles. The van der Waals surface area contributed by atoms with Gasteiger partial charge in [-0.1, -0.05) is 29.8 Å². The zero-order chi connectivity index (χ0) is 15.7. The molecule has 0 saturated heterocycles. The van der Waals surface area contributed by atoms with Gasteiger partial charge in [-0.15, -0.1) is 0 Å². The summed E-state index contributed by atoms with van der Waals surface area (Å²) in [6.07, 6.45) is 3.43. The van der Waals surface area contributed by atoms with Crippen LogP contribution in [-0.2, 0) is 0 Å². The van der Waals surface area contributed by atoms with E-state index in [0.29, 0.717) is 11.3 Å². The Labute approximate surface area is 128 Å². The molecule has 2 heterocycles. The van der Waals surface area contributed by atoms with Crippen molar-refractivity contribution in [1.29, 1.82) is 0 Å². The molecular formula is C18H16N2O2. The number of nitrogens with zero attached hydrogens (tertiary/aromatic N) is 2. The highest BCUT2D eigenvalue weighted by Gasteiger charge is 2.18. The summed E-state index contributed by atoms with van der Waals surface area (Å²) in [6, 6.07) is 13.5. The molecule has 0 atom stereocenters. The molecule has 3 rings (SSSR count). The summed E-state index contributed by atoms with van der Waals surface area (Å²) in [5.74, 6) is -0.923. The van der Waals surface area contributed by atoms with E-state index in [9.17, 15) is 9.90 Å². The summed E-state index contributed by atoms with van der Waals surface area (Å²) < 4.78 is 1.93. The lowest BCUT2D eigenvalue weighted by Gasteiger charge is -2.11. The molecule has 1 aromatic carbocycles. The Morgan fingerprint density at radius 1 is 1.14 bits per heavy atom. The molecule has 0 fully saturated rings. The number of aryl methyl sites for hydroxylation is 1. The number of carbonyl (C=O) groups is 1. The van der Waals surface area contributed by atoms with Gasteiger partial charge in [-0.05, 0) is 37.6 Å². The predicted octanol–water partition coefficient (Wildman–Crippen LogP) is 3.85. The van der Waals surface area contributed by atoms with E-state index in [-0.39, 0.29) is 0 Å². The maximum atomic E-state index is 11.5. The number of aromatic nitrogens is 2. The second-order valence-corrected chi connectivity index (χ2v) is 5.25. The summed E-state index contributed by atoms with van der Waals surface area (Å²) in [6.45, 7) is 3.84. The zero-order valence-electron chi connectivity index (χ0n) is 12.4. The lowest BCUT2D eigenvalue weighted by molar-refractivity contribution is 0.0696. The minimum absolute atomic E-state index is 0.305. The van der Waals surface area contributed by atoms with Gasteiger partial charge in [0.2, 0.25) is 0 Å². The van der Waals surface area contributed by atoms with Gasteiger partial charge in [0, 0.05) is 11.9 Å². The SMILES string of the molecule is Cc1ccc(-c2cc(C(=O)O)c(C)n2-c2cccnc2)cc1. The maximum absolute atomic E-state index is 11.5. The Bertz CT molecular complexity index is 818. The van der Waals surface area contributed by atoms with Gasteiger partial charge in [0.25, 0.3) is 0 Å². The van der Waals surface area contributed by atoms with Crippen LogP contribution in [0, 0.1) is 13.8 Å². The van der Waals surface area contributed by atoms with Crippen molar-refractivity contribution in [2.45, 2.75) is 13.8 Å². The third kappa shape index (κ3) is 2.39. The van der Waals surface area contributed by atoms with Crippen molar-refractivity contribution in [2.24, 2.45) is 0 Å². The average Bonchev–Trinajstić information content (AvgIpc) is 2.86. The minimum atomic E-state index is -0.923. The van der Waals surface area contributed by atoms with Crippen LogP contribution in [0.3, 0.4) is 0 Å². The van der Waals surface area contributed by atoms with Crippen LogP contribution in [0.15, 0.2) is 54.9 Å². The fraction of sp³-hybridized carbons (Fsp3) is 0.111. The Hall–Kier alpha value is -2.88. The lowest BCUT2D eigenvalue weighted by atomic mass is 10.1. The van der Waals surface area contributed by atoms with E-state index in [0.717, 1.165) is 16.9 Å². The number of hydrogen-bond acceptors (Lipinski definition) is 2. The van der Waals surface area contributed by atoms with E-state index in [2.05, 4.69) is 4.98 Å². The van der Waals surface area contributed by atoms with Crippen molar-refractivity contribution in [3.05, 3.63) is 71.7 Å². The van der Waals surface area contributed by atoms with Crippen LogP contribution < -0.4 is 0 Å². The van der Waals surface area contributed by atoms with Crippen molar-refractivity contribution < 1.29 is 9.90 Å². The third-order valence-corrected chi connectivity index (χ3v) is 3.73. The van der Waals surface area contributed by atoms with Gasteiger partial charge in [0.05, 0.1) is 23.1 Å². The highest BCUT2D eigenvalue weighted by atomic mass is 16.4. The molecule has 0 spiro atoms. The van der Waals surface area contributed by atoms with Crippen LogP contribution in [-0.4, -0.2) is 20.6 Å². The second-order valence-electron chi connectivity index (χ2n) is 5.25. The molecule has 0 saturated carbocycles. The summed E-state index contributed by atoms with van der Waals surface area (Å²) in [7, 11) is 0. The molecule has 0 bridgehead atoms. The van der Waals surface area contributed by atoms with Crippen molar-refractivity contribution in [2.75, 3.05) is 0 Å². The molecule has 22 heavy (non-hydrogen) atoms. The normalized spacial score (nSPS) is 10.6. The Kier molecular flexibility index (Phi) is 3.51. The van der Waals surface area contributed by atoms with Gasteiger partial charge < -0.3 is 9.67 Å². The zero-order valence-corrected chi connectivity index (χ0v) is 12.4. The lowest BCUT2D eigenvalue weighted by Crippen LogP contribution is -2.02. The monoisotopic (exact) mass is 292 g/mol. The van der Waals surface area contributed by atoms with E-state index in [1.807, 2.05) is 54.8 Å². The number of pyridine rings is 1. The number of aromatic carboxylic acids is 1. The minimum Gasteiger partial charge on any atom is -0.478 e. The predicted molar refractivity (Wildman–Crippen MR) is 85.4 cm³/mol. The smallest absolute Gasteiger partial charge is 0.337 e. The molecule has 110 valence electrons. The van der Waals surface area contributed by atoms with E-state index >= 15 is 0 Å². The van der Waals surface area contributed by atoms with Gasteiger partial charge >= 0.3 is 5.97 Å². The number of rotatable bonds is 3. The van der Waals surface area contributed by atoms with Crippen LogP contribution in [0.25, 0.3) is 16.9 Å². The summed E-state index contributed by atoms with van der Waals surface area (Å²) in [5.41, 5.74) is 4.84. The first-order valence-corrected chi connectivity index (χ1v) is 7.01. The molecule has 1 N–H and O–H groups in total. The molecule has 2 aromatic heterocycles. The summed E-state index contributed by atoms with van der Waals surface area (Å²) in [5, 5.41) is 9.41. The number of carboxylic acids is 1. The molecule has 0 aliphatic heterocycles. The second kappa shape index (κ2) is 5.48. The molecule has 0 radical (unpaired) electrons. The van der Waals surface area contributed by atoms with E-state index < -0.39 is 5.97 Å². The summed E-state index contributed by atoms with van der Waals surface area (Å²) in [4.78, 5) is 15.6. The van der Waals surface area contributed by atoms with Gasteiger partial charge in [0.15, 0.2) is 0 Å². The van der Waals surface area contributed by atoms with Crippen molar-refractivity contribution in [3.63, 3.8) is 0 Å². The first kappa shape index (κ1) is 14.1. The molecule has 4 nitrogen and oxygen atoms in total. The van der Waals surface area contributed by atoms with Crippen molar-refractivity contribution in [3.8, 4) is 16.9 Å². The highest BCUT2D eigenvalue weighted by Crippen LogP contribution is 2.29. The van der Waals surface area contributed by atoms with Gasteiger partial charge in [-0.2, -0.15) is 0 Å². The van der Waals surface area contributed by atoms with Crippen molar-refractivity contribution in [1.82, 2.24) is 9.55 Å². The Balaban J connectivity index is 2.27. The maximum Gasteiger partial charge on any atom is 0.337 e. The Morgan fingerprint density at radius 2 is 1.86 bits per heavy atom. The number of hydrogen-bond donors (Lipinski definition) is 1. The fourth-order valence-corrected chi connectivity index (χ4v) is 2.58. The van der Waals surface area contributed by atoms with Crippen LogP contribution in [0.2, 0.25) is 0 Å². The largest absolute Gasteiger partial charge is 0.478 e. The number of benzene rings is 1. The number of carboxylic acid groups (broad SMARTS) is 1. The highest BCUT2D eigenvalue weighted by molar-refractivity contribution is 5.91. The standard InChI is InChI=1S/C18H16N2O2/c1-12-5-7-14(8-6-12)17-10-16(18(21)22)13(2)20(17)15-4-3-9-19-11-15/h3-11H,1-2H3,(H,21,22). The van der Waals surface area contributed by atoms with Crippen LogP contribution in [0.4, 0.5) is 0 Å². The first-order chi connectivity index (χ1) is 10.6. The van der Waals surface area contributed by atoms with Crippen molar-refractivity contribution >= 4 is 5.97 Å². The van der Waals surface area contributed by atoms with Gasteiger partial charge in [-0.25, -0.2) is 4.79 Å². The van der Waals surface area contributed by atoms with Crippen LogP contribution in [0.5, 0.6) is 0 Å². The van der Waals surface area contributed by atoms with Crippen LogP contribution >= 0.6 is 0 Å². The topological polar surface area (TPSA) is 55.1 Å². The van der Waals surface area contributed by atoms with Gasteiger partial charge in [-0.3, -0.25) is 4.98 Å². The average molecular weight is 292 g/mol. The van der Waals surface area contributed by atoms with E-state index in [4.69, 9.17) is 0 Å². The fourth-order valence-electron chi connectivity index (χ4n) is 2.58. The molecule has 0 amide bonds. The first-order valence-electron chi connectivity index (χ1n) is 7.01. The molecular weight excluding hydrogens is 276 g/mol. The van der Waals surface area contributed by atoms with Gasteiger partial charge in [0.1, 0.15) is 0 Å². The van der Waals surface area contributed by atoms with E-state index in [1.54, 1.807) is 18.5 Å². The third-order valence-electron chi connectivity index (χ3n) is 3.73. The quantitative estimate of drug-likeness (QED) is 0.797.